The number of rotatable bonds is 10. The maximum atomic E-state index is 12.7. The predicted octanol–water partition coefficient (Wildman–Crippen LogP) is 2.02. The van der Waals surface area contributed by atoms with E-state index in [1.54, 1.807) is 6.26 Å². The van der Waals surface area contributed by atoms with E-state index in [9.17, 15) is 9.59 Å². The second kappa shape index (κ2) is 11.5. The highest BCUT2D eigenvalue weighted by molar-refractivity contribution is 5.79. The number of unbranched alkanes of at least 4 members (excludes halogenated alkanes) is 1. The summed E-state index contributed by atoms with van der Waals surface area (Å²) in [5, 5.41) is 6.29. The molecule has 7 nitrogen and oxygen atoms in total. The van der Waals surface area contributed by atoms with E-state index < -0.39 is 0 Å². The lowest BCUT2D eigenvalue weighted by Gasteiger charge is -2.34. The molecule has 1 fully saturated rings. The highest BCUT2D eigenvalue weighted by Crippen LogP contribution is 2.22. The molecule has 1 aromatic carbocycles. The average Bonchev–Trinajstić information content (AvgIpc) is 3.30. The molecule has 1 atom stereocenters. The van der Waals surface area contributed by atoms with E-state index in [0.29, 0.717) is 32.7 Å². The van der Waals surface area contributed by atoms with Gasteiger partial charge in [-0.2, -0.15) is 0 Å². The van der Waals surface area contributed by atoms with Crippen LogP contribution in [-0.2, 0) is 9.59 Å². The van der Waals surface area contributed by atoms with Crippen LogP contribution in [0.4, 0.5) is 0 Å². The van der Waals surface area contributed by atoms with Crippen molar-refractivity contribution in [2.45, 2.75) is 25.8 Å². The van der Waals surface area contributed by atoms with Crippen LogP contribution in [0.1, 0.15) is 37.1 Å². The Morgan fingerprint density at radius 3 is 2.50 bits per heavy atom. The summed E-state index contributed by atoms with van der Waals surface area (Å²) < 4.78 is 5.58. The first kappa shape index (κ1) is 22.1. The second-order valence-corrected chi connectivity index (χ2v) is 7.60. The average molecular weight is 413 g/mol. The number of carbonyl (C=O) groups is 2. The summed E-state index contributed by atoms with van der Waals surface area (Å²) in [5.74, 6) is 0.913. The zero-order chi connectivity index (χ0) is 21.2. The quantitative estimate of drug-likeness (QED) is 0.584. The molecule has 1 saturated heterocycles. The number of hydrogen-bond donors (Lipinski definition) is 2. The molecule has 2 N–H and O–H groups in total. The fourth-order valence-corrected chi connectivity index (χ4v) is 3.60. The van der Waals surface area contributed by atoms with Crippen molar-refractivity contribution < 1.29 is 14.0 Å². The molecule has 0 bridgehead atoms. The minimum Gasteiger partial charge on any atom is -0.467 e. The van der Waals surface area contributed by atoms with E-state index in [-0.39, 0.29) is 24.4 Å². The van der Waals surface area contributed by atoms with Crippen LogP contribution in [-0.4, -0.2) is 67.4 Å². The van der Waals surface area contributed by atoms with Gasteiger partial charge in [0.15, 0.2) is 0 Å². The third-order valence-corrected chi connectivity index (χ3v) is 5.36. The lowest BCUT2D eigenvalue weighted by molar-refractivity contribution is -0.132. The molecule has 0 aliphatic carbocycles. The number of furan rings is 1. The maximum Gasteiger partial charge on any atom is 0.236 e. The zero-order valence-corrected chi connectivity index (χ0v) is 17.7. The van der Waals surface area contributed by atoms with Gasteiger partial charge in [-0.05, 0) is 24.1 Å². The minimum absolute atomic E-state index is 0.0639. The smallest absolute Gasteiger partial charge is 0.236 e. The van der Waals surface area contributed by atoms with E-state index in [0.717, 1.165) is 30.7 Å². The molecule has 3 rings (SSSR count). The van der Waals surface area contributed by atoms with Gasteiger partial charge in [0.2, 0.25) is 11.8 Å². The van der Waals surface area contributed by atoms with Gasteiger partial charge >= 0.3 is 0 Å². The lowest BCUT2D eigenvalue weighted by atomic mass is 10.0. The summed E-state index contributed by atoms with van der Waals surface area (Å²) in [6.07, 6.45) is 3.72. The van der Waals surface area contributed by atoms with Gasteiger partial charge in [0.1, 0.15) is 5.76 Å². The lowest BCUT2D eigenvalue weighted by Crippen LogP contribution is -2.52. The first-order valence-electron chi connectivity index (χ1n) is 10.8. The van der Waals surface area contributed by atoms with Crippen molar-refractivity contribution in [1.29, 1.82) is 0 Å². The Balaban J connectivity index is 1.45. The molecule has 30 heavy (non-hydrogen) atoms. The van der Waals surface area contributed by atoms with Gasteiger partial charge in [-0.1, -0.05) is 43.7 Å². The number of piperazine rings is 1. The summed E-state index contributed by atoms with van der Waals surface area (Å²) in [6, 6.07) is 13.6. The van der Waals surface area contributed by atoms with E-state index in [1.807, 2.05) is 47.4 Å². The van der Waals surface area contributed by atoms with Gasteiger partial charge in [-0.15, -0.1) is 0 Å². The van der Waals surface area contributed by atoms with Crippen molar-refractivity contribution in [3.05, 3.63) is 60.1 Å². The maximum absolute atomic E-state index is 12.7. The van der Waals surface area contributed by atoms with Crippen molar-refractivity contribution in [1.82, 2.24) is 20.4 Å². The van der Waals surface area contributed by atoms with E-state index in [4.69, 9.17) is 4.42 Å². The minimum atomic E-state index is -0.168. The van der Waals surface area contributed by atoms with Crippen LogP contribution >= 0.6 is 0 Å². The largest absolute Gasteiger partial charge is 0.467 e. The Hall–Kier alpha value is -2.64. The van der Waals surface area contributed by atoms with Crippen molar-refractivity contribution in [2.24, 2.45) is 0 Å². The van der Waals surface area contributed by atoms with Gasteiger partial charge in [0.05, 0.1) is 25.4 Å². The van der Waals surface area contributed by atoms with Crippen LogP contribution in [0.3, 0.4) is 0 Å². The highest BCUT2D eigenvalue weighted by atomic mass is 16.3. The summed E-state index contributed by atoms with van der Waals surface area (Å²) in [5.41, 5.74) is 1.05. The Bertz CT molecular complexity index is 771. The number of hydrogen-bond acceptors (Lipinski definition) is 5. The number of nitrogens with zero attached hydrogens (tertiary/aromatic N) is 2. The van der Waals surface area contributed by atoms with E-state index in [1.165, 1.54) is 0 Å². The molecule has 0 unspecified atom stereocenters. The zero-order valence-electron chi connectivity index (χ0n) is 17.7. The molecule has 1 aliphatic heterocycles. The van der Waals surface area contributed by atoms with Crippen LogP contribution in [0.15, 0.2) is 53.1 Å². The normalized spacial score (nSPS) is 15.7. The number of amides is 2. The molecule has 0 radical (unpaired) electrons. The molecule has 0 spiro atoms. The first-order valence-corrected chi connectivity index (χ1v) is 10.8. The Labute approximate surface area is 178 Å². The highest BCUT2D eigenvalue weighted by Gasteiger charge is 2.24. The van der Waals surface area contributed by atoms with Crippen LogP contribution in [0.5, 0.6) is 0 Å². The Morgan fingerprint density at radius 1 is 1.07 bits per heavy atom. The second-order valence-electron chi connectivity index (χ2n) is 7.60. The monoisotopic (exact) mass is 412 g/mol. The molecule has 7 heteroatoms. The van der Waals surface area contributed by atoms with E-state index >= 15 is 0 Å². The molecule has 1 aliphatic rings. The number of benzene rings is 1. The van der Waals surface area contributed by atoms with Gasteiger partial charge in [0, 0.05) is 32.7 Å². The molecule has 1 aromatic heterocycles. The van der Waals surface area contributed by atoms with Crippen molar-refractivity contribution in [3.8, 4) is 0 Å². The fraction of sp³-hybridized carbons (Fsp3) is 0.478. The van der Waals surface area contributed by atoms with Gasteiger partial charge in [-0.3, -0.25) is 19.8 Å². The van der Waals surface area contributed by atoms with Crippen LogP contribution in [0.25, 0.3) is 0 Å². The van der Waals surface area contributed by atoms with Crippen molar-refractivity contribution in [2.75, 3.05) is 45.8 Å². The molecule has 2 heterocycles. The predicted molar refractivity (Wildman–Crippen MR) is 116 cm³/mol. The molecule has 2 aromatic rings. The summed E-state index contributed by atoms with van der Waals surface area (Å²) in [4.78, 5) is 28.7. The van der Waals surface area contributed by atoms with Gasteiger partial charge < -0.3 is 14.6 Å². The third-order valence-electron chi connectivity index (χ3n) is 5.36. The molecular weight excluding hydrogens is 380 g/mol. The SMILES string of the molecule is CCCCNC(=O)CN1CCN(C(=O)CN[C@@H](c2ccccc2)c2ccco2)CC1. The summed E-state index contributed by atoms with van der Waals surface area (Å²) in [7, 11) is 0. The summed E-state index contributed by atoms with van der Waals surface area (Å²) in [6.45, 7) is 6.18. The Kier molecular flexibility index (Phi) is 8.47. The van der Waals surface area contributed by atoms with E-state index in [2.05, 4.69) is 22.5 Å². The molecule has 0 saturated carbocycles. The van der Waals surface area contributed by atoms with Crippen molar-refractivity contribution in [3.63, 3.8) is 0 Å². The van der Waals surface area contributed by atoms with Gasteiger partial charge in [-0.25, -0.2) is 0 Å². The topological polar surface area (TPSA) is 77.8 Å². The van der Waals surface area contributed by atoms with Gasteiger partial charge in [0.25, 0.3) is 0 Å². The number of carbonyl (C=O) groups excluding carboxylic acids is 2. The van der Waals surface area contributed by atoms with Crippen LogP contribution in [0.2, 0.25) is 0 Å². The van der Waals surface area contributed by atoms with Crippen LogP contribution < -0.4 is 10.6 Å². The molecular formula is C23H32N4O3. The summed E-state index contributed by atoms with van der Waals surface area (Å²) >= 11 is 0. The van der Waals surface area contributed by atoms with Crippen molar-refractivity contribution >= 4 is 11.8 Å². The standard InChI is InChI=1S/C23H32N4O3/c1-2-3-11-24-21(28)18-26-12-14-27(15-13-26)22(29)17-25-23(20-10-7-16-30-20)19-8-5-4-6-9-19/h4-10,16,23,25H,2-3,11-15,17-18H2,1H3,(H,24,28)/t23-/m0/s1. The first-order chi connectivity index (χ1) is 14.7. The fourth-order valence-electron chi connectivity index (χ4n) is 3.60. The number of nitrogens with one attached hydrogen (secondary N) is 2. The molecule has 2 amide bonds. The third kappa shape index (κ3) is 6.43. The molecule has 162 valence electrons. The Morgan fingerprint density at radius 2 is 1.83 bits per heavy atom. The van der Waals surface area contributed by atoms with Crippen LogP contribution in [0, 0.1) is 0 Å².